The van der Waals surface area contributed by atoms with Gasteiger partial charge in [-0.1, -0.05) is 23.2 Å². The Morgan fingerprint density at radius 1 is 1.50 bits per heavy atom. The normalized spacial score (nSPS) is 22.5. The van der Waals surface area contributed by atoms with Crippen molar-refractivity contribution >= 4 is 34.8 Å². The Morgan fingerprint density at radius 2 is 2.27 bits per heavy atom. The van der Waals surface area contributed by atoms with Crippen LogP contribution in [0.2, 0.25) is 10.0 Å². The molecule has 0 aromatic heterocycles. The number of nitrogens with zero attached hydrogens (tertiary/aromatic N) is 1. The first-order valence-electron chi connectivity index (χ1n) is 7.21. The molecule has 5 nitrogen and oxygen atoms in total. The maximum Gasteiger partial charge on any atom is 0.225 e. The van der Waals surface area contributed by atoms with Crippen LogP contribution in [0, 0.1) is 0 Å². The number of hydrogen-bond donors (Lipinski definition) is 2. The number of rotatable bonds is 5. The fourth-order valence-electron chi connectivity index (χ4n) is 2.35. The fraction of sp³-hybridized carbons (Fsp3) is 0.533. The number of carbonyl (C=O) groups excluding carboxylic acids is 1. The monoisotopic (exact) mass is 346 g/mol. The van der Waals surface area contributed by atoms with Crippen LogP contribution in [0.5, 0.6) is 0 Å². The number of carbonyl (C=O) groups is 1. The molecular formula is C15H20Cl2N2O3. The third kappa shape index (κ3) is 4.83. The minimum atomic E-state index is -0.179. The second kappa shape index (κ2) is 8.13. The number of amides is 1. The van der Waals surface area contributed by atoms with Gasteiger partial charge in [0.05, 0.1) is 30.0 Å². The minimum absolute atomic E-state index is 0.00641. The standard InChI is InChI=1S/C15H20Cl2N2O3/c1-10-9-22-12(8-20)7-19(10)5-4-15(21)18-14-6-11(16)2-3-13(14)17/h2-3,6,10,12,20H,4-5,7-9H2,1H3,(H,18,21). The Balaban J connectivity index is 1.85. The Bertz CT molecular complexity index is 528. The van der Waals surface area contributed by atoms with Crippen LogP contribution in [-0.2, 0) is 9.53 Å². The molecule has 1 saturated heterocycles. The van der Waals surface area contributed by atoms with Gasteiger partial charge in [-0.2, -0.15) is 0 Å². The van der Waals surface area contributed by atoms with Crippen LogP contribution in [0.25, 0.3) is 0 Å². The lowest BCUT2D eigenvalue weighted by Gasteiger charge is -2.37. The van der Waals surface area contributed by atoms with Crippen molar-refractivity contribution in [3.8, 4) is 0 Å². The molecule has 122 valence electrons. The summed E-state index contributed by atoms with van der Waals surface area (Å²) in [6, 6.07) is 5.17. The molecule has 1 aromatic rings. The maximum atomic E-state index is 12.1. The number of anilines is 1. The van der Waals surface area contributed by atoms with Crippen molar-refractivity contribution in [1.29, 1.82) is 0 Å². The summed E-state index contributed by atoms with van der Waals surface area (Å²) in [5.74, 6) is -0.122. The van der Waals surface area contributed by atoms with Gasteiger partial charge in [0.15, 0.2) is 0 Å². The average molecular weight is 347 g/mol. The Labute approximate surface area is 140 Å². The van der Waals surface area contributed by atoms with Crippen LogP contribution in [0.1, 0.15) is 13.3 Å². The molecule has 0 saturated carbocycles. The quantitative estimate of drug-likeness (QED) is 0.859. The predicted octanol–water partition coefficient (Wildman–Crippen LogP) is 2.40. The van der Waals surface area contributed by atoms with E-state index in [1.165, 1.54) is 0 Å². The van der Waals surface area contributed by atoms with E-state index in [4.69, 9.17) is 33.0 Å². The second-order valence-corrected chi connectivity index (χ2v) is 6.25. The summed E-state index contributed by atoms with van der Waals surface area (Å²) >= 11 is 11.9. The first-order chi connectivity index (χ1) is 10.5. The van der Waals surface area contributed by atoms with E-state index < -0.39 is 0 Å². The topological polar surface area (TPSA) is 61.8 Å². The highest BCUT2D eigenvalue weighted by molar-refractivity contribution is 6.35. The zero-order chi connectivity index (χ0) is 16.1. The van der Waals surface area contributed by atoms with E-state index in [1.54, 1.807) is 18.2 Å². The summed E-state index contributed by atoms with van der Waals surface area (Å²) in [5, 5.41) is 12.9. The highest BCUT2D eigenvalue weighted by Crippen LogP contribution is 2.25. The summed E-state index contributed by atoms with van der Waals surface area (Å²) in [4.78, 5) is 14.2. The number of nitrogens with one attached hydrogen (secondary N) is 1. The third-order valence-corrected chi connectivity index (χ3v) is 4.23. The number of morpholine rings is 1. The van der Waals surface area contributed by atoms with E-state index in [0.29, 0.717) is 41.8 Å². The third-order valence-electron chi connectivity index (χ3n) is 3.67. The molecule has 22 heavy (non-hydrogen) atoms. The molecular weight excluding hydrogens is 327 g/mol. The van der Waals surface area contributed by atoms with Gasteiger partial charge in [0.2, 0.25) is 5.91 Å². The first kappa shape index (κ1) is 17.5. The molecule has 7 heteroatoms. The molecule has 0 bridgehead atoms. The van der Waals surface area contributed by atoms with Crippen LogP contribution >= 0.6 is 23.2 Å². The molecule has 1 aliphatic heterocycles. The van der Waals surface area contributed by atoms with Gasteiger partial charge in [-0.05, 0) is 25.1 Å². The van der Waals surface area contributed by atoms with Crippen molar-refractivity contribution in [3.05, 3.63) is 28.2 Å². The van der Waals surface area contributed by atoms with Gasteiger partial charge < -0.3 is 15.2 Å². The van der Waals surface area contributed by atoms with Crippen LogP contribution in [0.15, 0.2) is 18.2 Å². The van der Waals surface area contributed by atoms with Gasteiger partial charge in [-0.15, -0.1) is 0 Å². The number of ether oxygens (including phenoxy) is 1. The number of aliphatic hydroxyl groups excluding tert-OH is 1. The van der Waals surface area contributed by atoms with E-state index in [1.807, 2.05) is 6.92 Å². The van der Waals surface area contributed by atoms with E-state index >= 15 is 0 Å². The molecule has 2 atom stereocenters. The molecule has 2 rings (SSSR count). The Morgan fingerprint density at radius 3 is 3.00 bits per heavy atom. The minimum Gasteiger partial charge on any atom is -0.394 e. The molecule has 1 heterocycles. The summed E-state index contributed by atoms with van der Waals surface area (Å²) < 4.78 is 5.48. The lowest BCUT2D eigenvalue weighted by atomic mass is 10.2. The Hall–Kier alpha value is -0.850. The number of halogens is 2. The largest absolute Gasteiger partial charge is 0.394 e. The van der Waals surface area contributed by atoms with Crippen LogP contribution < -0.4 is 5.32 Å². The number of benzene rings is 1. The average Bonchev–Trinajstić information content (AvgIpc) is 2.50. The Kier molecular flexibility index (Phi) is 6.47. The lowest BCUT2D eigenvalue weighted by Crippen LogP contribution is -2.50. The summed E-state index contributed by atoms with van der Waals surface area (Å²) in [6.07, 6.45) is 0.160. The van der Waals surface area contributed by atoms with E-state index in [9.17, 15) is 4.79 Å². The predicted molar refractivity (Wildman–Crippen MR) is 87.6 cm³/mol. The van der Waals surface area contributed by atoms with Gasteiger partial charge in [-0.25, -0.2) is 0 Å². The van der Waals surface area contributed by atoms with Crippen LogP contribution in [-0.4, -0.2) is 54.4 Å². The molecule has 1 fully saturated rings. The van der Waals surface area contributed by atoms with Gasteiger partial charge in [0.25, 0.3) is 0 Å². The van der Waals surface area contributed by atoms with Crippen molar-refractivity contribution in [2.75, 3.05) is 31.6 Å². The number of hydrogen-bond acceptors (Lipinski definition) is 4. The summed E-state index contributed by atoms with van der Waals surface area (Å²) in [5.41, 5.74) is 0.516. The van der Waals surface area contributed by atoms with Crippen LogP contribution in [0.3, 0.4) is 0 Å². The highest BCUT2D eigenvalue weighted by atomic mass is 35.5. The number of aliphatic hydroxyl groups is 1. The molecule has 1 amide bonds. The van der Waals surface area contributed by atoms with Crippen molar-refractivity contribution < 1.29 is 14.6 Å². The van der Waals surface area contributed by atoms with Crippen molar-refractivity contribution in [1.82, 2.24) is 4.90 Å². The molecule has 1 aliphatic rings. The fourth-order valence-corrected chi connectivity index (χ4v) is 2.69. The lowest BCUT2D eigenvalue weighted by molar-refractivity contribution is -0.118. The van der Waals surface area contributed by atoms with Crippen LogP contribution in [0.4, 0.5) is 5.69 Å². The van der Waals surface area contributed by atoms with Crippen molar-refractivity contribution in [3.63, 3.8) is 0 Å². The van der Waals surface area contributed by atoms with E-state index in [-0.39, 0.29) is 24.7 Å². The molecule has 0 spiro atoms. The summed E-state index contributed by atoms with van der Waals surface area (Å²) in [7, 11) is 0. The second-order valence-electron chi connectivity index (χ2n) is 5.40. The van der Waals surface area contributed by atoms with Gasteiger partial charge >= 0.3 is 0 Å². The van der Waals surface area contributed by atoms with E-state index in [2.05, 4.69) is 10.2 Å². The highest BCUT2D eigenvalue weighted by Gasteiger charge is 2.25. The van der Waals surface area contributed by atoms with E-state index in [0.717, 1.165) is 0 Å². The molecule has 0 aliphatic carbocycles. The first-order valence-corrected chi connectivity index (χ1v) is 7.96. The zero-order valence-corrected chi connectivity index (χ0v) is 13.9. The van der Waals surface area contributed by atoms with Gasteiger partial charge in [0.1, 0.15) is 0 Å². The SMILES string of the molecule is CC1COC(CO)CN1CCC(=O)Nc1cc(Cl)ccc1Cl. The molecule has 2 unspecified atom stereocenters. The van der Waals surface area contributed by atoms with Gasteiger partial charge in [0, 0.05) is 30.6 Å². The van der Waals surface area contributed by atoms with Crippen molar-refractivity contribution in [2.24, 2.45) is 0 Å². The summed E-state index contributed by atoms with van der Waals surface area (Å²) in [6.45, 7) is 3.83. The smallest absolute Gasteiger partial charge is 0.225 e. The molecule has 1 aromatic carbocycles. The van der Waals surface area contributed by atoms with Gasteiger partial charge in [-0.3, -0.25) is 9.69 Å². The van der Waals surface area contributed by atoms with Crippen molar-refractivity contribution in [2.45, 2.75) is 25.5 Å². The maximum absolute atomic E-state index is 12.1. The molecule has 0 radical (unpaired) electrons. The zero-order valence-electron chi connectivity index (χ0n) is 12.4. The molecule has 2 N–H and O–H groups in total.